The molecule has 0 amide bonds. The van der Waals surface area contributed by atoms with Crippen molar-refractivity contribution in [3.63, 3.8) is 0 Å². The van der Waals surface area contributed by atoms with Crippen LogP contribution in [0.15, 0.2) is 36.5 Å². The van der Waals surface area contributed by atoms with Crippen LogP contribution in [0.3, 0.4) is 0 Å². The molecule has 0 radical (unpaired) electrons. The van der Waals surface area contributed by atoms with Crippen LogP contribution in [0.4, 0.5) is 18.9 Å². The Hall–Kier alpha value is -2.24. The average Bonchev–Trinajstić information content (AvgIpc) is 2.28. The number of para-hydroxylation sites is 1. The smallest absolute Gasteiger partial charge is 0.405 e. The second kappa shape index (κ2) is 4.79. The monoisotopic (exact) mass is 268 g/mol. The third kappa shape index (κ3) is 3.15. The van der Waals surface area contributed by atoms with Crippen molar-refractivity contribution in [1.82, 2.24) is 4.98 Å². The number of aromatic nitrogens is 1. The van der Waals surface area contributed by atoms with Crippen LogP contribution >= 0.6 is 0 Å². The Morgan fingerprint density at radius 3 is 2.53 bits per heavy atom. The Kier molecular flexibility index (Phi) is 3.33. The van der Waals surface area contributed by atoms with Crippen LogP contribution in [-0.2, 0) is 0 Å². The lowest BCUT2D eigenvalue weighted by Gasteiger charge is -2.14. The summed E-state index contributed by atoms with van der Waals surface area (Å²) in [5.41, 5.74) is 7.39. The van der Waals surface area contributed by atoms with E-state index in [0.717, 1.165) is 0 Å². The topological polar surface area (TPSA) is 48.1 Å². The first-order valence-corrected chi connectivity index (χ1v) is 5.44. The van der Waals surface area contributed by atoms with E-state index in [-0.39, 0.29) is 11.3 Å². The molecule has 1 heterocycles. The highest BCUT2D eigenvalue weighted by Gasteiger charge is 2.32. The van der Waals surface area contributed by atoms with Gasteiger partial charge in [0.1, 0.15) is 5.75 Å². The summed E-state index contributed by atoms with van der Waals surface area (Å²) < 4.78 is 41.0. The SMILES string of the molecule is Cc1cc(N)cnc1-c1ccccc1OC(F)(F)F. The first-order valence-electron chi connectivity index (χ1n) is 5.44. The minimum Gasteiger partial charge on any atom is -0.405 e. The van der Waals surface area contributed by atoms with Crippen molar-refractivity contribution in [2.45, 2.75) is 13.3 Å². The summed E-state index contributed by atoms with van der Waals surface area (Å²) in [5, 5.41) is 0. The normalized spacial score (nSPS) is 11.4. The van der Waals surface area contributed by atoms with E-state index in [9.17, 15) is 13.2 Å². The molecule has 0 saturated carbocycles. The molecule has 0 unspecified atom stereocenters. The lowest BCUT2D eigenvalue weighted by molar-refractivity contribution is -0.274. The van der Waals surface area contributed by atoms with Gasteiger partial charge in [0, 0.05) is 5.56 Å². The van der Waals surface area contributed by atoms with Crippen molar-refractivity contribution in [2.75, 3.05) is 5.73 Å². The molecule has 0 atom stereocenters. The van der Waals surface area contributed by atoms with E-state index < -0.39 is 6.36 Å². The van der Waals surface area contributed by atoms with Gasteiger partial charge in [0.2, 0.25) is 0 Å². The van der Waals surface area contributed by atoms with E-state index in [1.165, 1.54) is 24.4 Å². The van der Waals surface area contributed by atoms with E-state index in [4.69, 9.17) is 5.73 Å². The van der Waals surface area contributed by atoms with Crippen LogP contribution in [-0.4, -0.2) is 11.3 Å². The van der Waals surface area contributed by atoms with Gasteiger partial charge in [-0.3, -0.25) is 4.98 Å². The van der Waals surface area contributed by atoms with Gasteiger partial charge in [-0.25, -0.2) is 0 Å². The van der Waals surface area contributed by atoms with Gasteiger partial charge in [0.25, 0.3) is 0 Å². The molecule has 0 aliphatic carbocycles. The summed E-state index contributed by atoms with van der Waals surface area (Å²) in [7, 11) is 0. The number of aryl methyl sites for hydroxylation is 1. The molecule has 100 valence electrons. The molecule has 0 bridgehead atoms. The summed E-state index contributed by atoms with van der Waals surface area (Å²) in [4.78, 5) is 4.07. The minimum absolute atomic E-state index is 0.275. The van der Waals surface area contributed by atoms with Crippen molar-refractivity contribution < 1.29 is 17.9 Å². The van der Waals surface area contributed by atoms with Gasteiger partial charge in [-0.05, 0) is 30.7 Å². The van der Waals surface area contributed by atoms with E-state index in [1.807, 2.05) is 0 Å². The molecule has 6 heteroatoms. The van der Waals surface area contributed by atoms with Gasteiger partial charge >= 0.3 is 6.36 Å². The van der Waals surface area contributed by atoms with Crippen LogP contribution in [0.1, 0.15) is 5.56 Å². The zero-order valence-corrected chi connectivity index (χ0v) is 10.0. The van der Waals surface area contributed by atoms with E-state index in [0.29, 0.717) is 16.9 Å². The largest absolute Gasteiger partial charge is 0.573 e. The van der Waals surface area contributed by atoms with Crippen LogP contribution < -0.4 is 10.5 Å². The number of anilines is 1. The van der Waals surface area contributed by atoms with E-state index in [1.54, 1.807) is 19.1 Å². The minimum atomic E-state index is -4.74. The number of nitrogens with zero attached hydrogens (tertiary/aromatic N) is 1. The number of benzene rings is 1. The number of ether oxygens (including phenoxy) is 1. The molecule has 19 heavy (non-hydrogen) atoms. The van der Waals surface area contributed by atoms with Crippen molar-refractivity contribution in [3.05, 3.63) is 42.1 Å². The Morgan fingerprint density at radius 1 is 1.21 bits per heavy atom. The van der Waals surface area contributed by atoms with E-state index in [2.05, 4.69) is 9.72 Å². The van der Waals surface area contributed by atoms with Gasteiger partial charge in [-0.15, -0.1) is 13.2 Å². The first kappa shape index (κ1) is 13.2. The fourth-order valence-corrected chi connectivity index (χ4v) is 1.75. The Balaban J connectivity index is 2.50. The molecule has 1 aromatic carbocycles. The number of alkyl halides is 3. The highest BCUT2D eigenvalue weighted by molar-refractivity contribution is 5.70. The molecule has 0 fully saturated rings. The number of hydrogen-bond acceptors (Lipinski definition) is 3. The second-order valence-corrected chi connectivity index (χ2v) is 3.98. The lowest BCUT2D eigenvalue weighted by Crippen LogP contribution is -2.17. The Morgan fingerprint density at radius 2 is 1.89 bits per heavy atom. The van der Waals surface area contributed by atoms with Crippen LogP contribution in [0.5, 0.6) is 5.75 Å². The molecule has 0 spiro atoms. The number of hydrogen-bond donors (Lipinski definition) is 1. The number of rotatable bonds is 2. The standard InChI is InChI=1S/C13H11F3N2O/c1-8-6-9(17)7-18-12(8)10-4-2-3-5-11(10)19-13(14,15)16/h2-7H,17H2,1H3. The zero-order chi connectivity index (χ0) is 14.0. The molecule has 2 aromatic rings. The van der Waals surface area contributed by atoms with E-state index >= 15 is 0 Å². The summed E-state index contributed by atoms with van der Waals surface area (Å²) in [5.74, 6) is -0.282. The number of nitrogens with two attached hydrogens (primary N) is 1. The van der Waals surface area contributed by atoms with Crippen molar-refractivity contribution in [2.24, 2.45) is 0 Å². The van der Waals surface area contributed by atoms with Crippen LogP contribution in [0, 0.1) is 6.92 Å². The fourth-order valence-electron chi connectivity index (χ4n) is 1.75. The molecular formula is C13H11F3N2O. The Labute approximate surface area is 107 Å². The predicted molar refractivity (Wildman–Crippen MR) is 65.5 cm³/mol. The van der Waals surface area contributed by atoms with Crippen molar-refractivity contribution >= 4 is 5.69 Å². The summed E-state index contributed by atoms with van der Waals surface area (Å²) in [6.45, 7) is 1.73. The fraction of sp³-hybridized carbons (Fsp3) is 0.154. The predicted octanol–water partition coefficient (Wildman–Crippen LogP) is 3.54. The molecule has 0 saturated heterocycles. The quantitative estimate of drug-likeness (QED) is 0.906. The molecule has 3 nitrogen and oxygen atoms in total. The highest BCUT2D eigenvalue weighted by Crippen LogP contribution is 2.34. The lowest BCUT2D eigenvalue weighted by atomic mass is 10.1. The molecule has 1 aromatic heterocycles. The third-order valence-corrected chi connectivity index (χ3v) is 2.47. The van der Waals surface area contributed by atoms with Crippen molar-refractivity contribution in [1.29, 1.82) is 0 Å². The number of pyridine rings is 1. The molecule has 0 aliphatic rings. The van der Waals surface area contributed by atoms with Gasteiger partial charge in [-0.1, -0.05) is 12.1 Å². The Bertz CT molecular complexity index is 597. The molecule has 2 rings (SSSR count). The highest BCUT2D eigenvalue weighted by atomic mass is 19.4. The third-order valence-electron chi connectivity index (χ3n) is 2.47. The zero-order valence-electron chi connectivity index (χ0n) is 10.0. The van der Waals surface area contributed by atoms with Crippen molar-refractivity contribution in [3.8, 4) is 17.0 Å². The van der Waals surface area contributed by atoms with Gasteiger partial charge in [0.05, 0.1) is 17.6 Å². The van der Waals surface area contributed by atoms with Crippen LogP contribution in [0.25, 0.3) is 11.3 Å². The summed E-state index contributed by atoms with van der Waals surface area (Å²) in [6, 6.07) is 7.51. The van der Waals surface area contributed by atoms with Crippen LogP contribution in [0.2, 0.25) is 0 Å². The number of nitrogen functional groups attached to an aromatic ring is 1. The maximum Gasteiger partial charge on any atom is 0.573 e. The summed E-state index contributed by atoms with van der Waals surface area (Å²) in [6.07, 6.45) is -3.34. The maximum atomic E-state index is 12.3. The van der Waals surface area contributed by atoms with Gasteiger partial charge < -0.3 is 10.5 Å². The average molecular weight is 268 g/mol. The van der Waals surface area contributed by atoms with Gasteiger partial charge in [0.15, 0.2) is 0 Å². The molecule has 0 aliphatic heterocycles. The number of halogens is 3. The van der Waals surface area contributed by atoms with Gasteiger partial charge in [-0.2, -0.15) is 0 Å². The second-order valence-electron chi connectivity index (χ2n) is 3.98. The summed E-state index contributed by atoms with van der Waals surface area (Å²) >= 11 is 0. The maximum absolute atomic E-state index is 12.3. The first-order chi connectivity index (χ1) is 8.87. The molecule has 2 N–H and O–H groups in total. The molecular weight excluding hydrogens is 257 g/mol.